The molecule has 4 nitrogen and oxygen atoms in total. The van der Waals surface area contributed by atoms with Gasteiger partial charge in [-0.2, -0.15) is 0 Å². The fourth-order valence-electron chi connectivity index (χ4n) is 3.77. The summed E-state index contributed by atoms with van der Waals surface area (Å²) in [5.41, 5.74) is 5.28. The van der Waals surface area contributed by atoms with Crippen LogP contribution in [0.1, 0.15) is 33.5 Å². The van der Waals surface area contributed by atoms with Crippen LogP contribution >= 0.6 is 11.3 Å². The normalized spacial score (nSPS) is 11.2. The van der Waals surface area contributed by atoms with Crippen molar-refractivity contribution in [2.75, 3.05) is 32.1 Å². The molecule has 3 aromatic carbocycles. The first kappa shape index (κ1) is 22.2. The van der Waals surface area contributed by atoms with Gasteiger partial charge in [-0.15, -0.1) is 0 Å². The van der Waals surface area contributed by atoms with Crippen molar-refractivity contribution in [2.45, 2.75) is 19.8 Å². The fourth-order valence-corrected chi connectivity index (χ4v) is 4.84. The Morgan fingerprint density at radius 2 is 1.59 bits per heavy atom. The molecule has 0 aliphatic heterocycles. The molecule has 4 aromatic rings. The molecule has 0 aliphatic carbocycles. The maximum absolute atomic E-state index is 13.5. The Balaban J connectivity index is 1.58. The molecule has 1 amide bonds. The lowest BCUT2D eigenvalue weighted by Gasteiger charge is -2.21. The van der Waals surface area contributed by atoms with Gasteiger partial charge >= 0.3 is 0 Å². The van der Waals surface area contributed by atoms with Crippen LogP contribution < -0.4 is 4.90 Å². The monoisotopic (exact) mass is 443 g/mol. The number of carbonyl (C=O) groups excluding carboxylic acids is 1. The third kappa shape index (κ3) is 5.23. The average Bonchev–Trinajstić information content (AvgIpc) is 3.23. The SMILES string of the molecule is Cc1cccc2sc(N(CCCN(C)C)C(=O)c3ccc(Cc4ccccc4)cc3)nc12. The summed E-state index contributed by atoms with van der Waals surface area (Å²) in [7, 11) is 4.11. The highest BCUT2D eigenvalue weighted by atomic mass is 32.1. The lowest BCUT2D eigenvalue weighted by atomic mass is 10.0. The predicted octanol–water partition coefficient (Wildman–Crippen LogP) is 5.79. The van der Waals surface area contributed by atoms with Crippen LogP contribution in [-0.2, 0) is 6.42 Å². The molecular formula is C27H29N3OS. The number of rotatable bonds is 8. The van der Waals surface area contributed by atoms with E-state index >= 15 is 0 Å². The first-order valence-corrected chi connectivity index (χ1v) is 11.8. The molecule has 0 saturated carbocycles. The van der Waals surface area contributed by atoms with Crippen LogP contribution in [0, 0.1) is 6.92 Å². The zero-order chi connectivity index (χ0) is 22.5. The average molecular weight is 444 g/mol. The molecule has 1 aromatic heterocycles. The van der Waals surface area contributed by atoms with Crippen molar-refractivity contribution >= 4 is 32.6 Å². The Hall–Kier alpha value is -3.02. The molecule has 1 heterocycles. The van der Waals surface area contributed by atoms with Gasteiger partial charge in [0, 0.05) is 12.1 Å². The zero-order valence-corrected chi connectivity index (χ0v) is 19.7. The van der Waals surface area contributed by atoms with E-state index < -0.39 is 0 Å². The van der Waals surface area contributed by atoms with E-state index in [9.17, 15) is 4.79 Å². The molecule has 0 bridgehead atoms. The number of fused-ring (bicyclic) bond motifs is 1. The summed E-state index contributed by atoms with van der Waals surface area (Å²) in [5, 5.41) is 0.770. The topological polar surface area (TPSA) is 36.4 Å². The second kappa shape index (κ2) is 10.1. The molecule has 0 spiro atoms. The summed E-state index contributed by atoms with van der Waals surface area (Å²) >= 11 is 1.59. The standard InChI is InChI=1S/C27H29N3OS/c1-20-9-7-12-24-25(20)28-27(32-24)30(18-8-17-29(2)3)26(31)23-15-13-22(14-16-23)19-21-10-5-4-6-11-21/h4-7,9-16H,8,17-19H2,1-3H3. The van der Waals surface area contributed by atoms with Gasteiger partial charge in [0.2, 0.25) is 0 Å². The van der Waals surface area contributed by atoms with Gasteiger partial charge in [-0.1, -0.05) is 65.9 Å². The quantitative estimate of drug-likeness (QED) is 0.346. The summed E-state index contributed by atoms with van der Waals surface area (Å²) in [6.45, 7) is 3.63. The highest BCUT2D eigenvalue weighted by Crippen LogP contribution is 2.31. The maximum Gasteiger partial charge on any atom is 0.260 e. The summed E-state index contributed by atoms with van der Waals surface area (Å²) < 4.78 is 1.11. The van der Waals surface area contributed by atoms with Crippen LogP contribution in [-0.4, -0.2) is 43.0 Å². The molecule has 164 valence electrons. The van der Waals surface area contributed by atoms with Crippen LogP contribution in [0.2, 0.25) is 0 Å². The Labute approximate surface area is 194 Å². The smallest absolute Gasteiger partial charge is 0.260 e. The lowest BCUT2D eigenvalue weighted by Crippen LogP contribution is -2.33. The molecule has 0 saturated heterocycles. The van der Waals surface area contributed by atoms with Gasteiger partial charge in [0.05, 0.1) is 10.2 Å². The van der Waals surface area contributed by atoms with Crippen LogP contribution in [0.3, 0.4) is 0 Å². The number of aromatic nitrogens is 1. The van der Waals surface area contributed by atoms with Crippen molar-refractivity contribution in [2.24, 2.45) is 0 Å². The molecule has 5 heteroatoms. The van der Waals surface area contributed by atoms with Crippen LogP contribution in [0.15, 0.2) is 72.8 Å². The van der Waals surface area contributed by atoms with Gasteiger partial charge in [0.25, 0.3) is 5.91 Å². The molecule has 0 radical (unpaired) electrons. The van der Waals surface area contributed by atoms with Gasteiger partial charge in [-0.05, 0) is 75.3 Å². The number of anilines is 1. The van der Waals surface area contributed by atoms with Gasteiger partial charge in [-0.3, -0.25) is 9.69 Å². The van der Waals surface area contributed by atoms with E-state index in [0.29, 0.717) is 12.1 Å². The van der Waals surface area contributed by atoms with E-state index in [-0.39, 0.29) is 5.91 Å². The number of hydrogen-bond donors (Lipinski definition) is 0. The predicted molar refractivity (Wildman–Crippen MR) is 135 cm³/mol. The lowest BCUT2D eigenvalue weighted by molar-refractivity contribution is 0.0986. The number of aryl methyl sites for hydroxylation is 1. The number of benzene rings is 3. The van der Waals surface area contributed by atoms with E-state index in [1.807, 2.05) is 29.2 Å². The van der Waals surface area contributed by atoms with Crippen LogP contribution in [0.5, 0.6) is 0 Å². The first-order chi connectivity index (χ1) is 15.5. The third-order valence-electron chi connectivity index (χ3n) is 5.52. The molecule has 4 rings (SSSR count). The molecule has 0 fully saturated rings. The minimum Gasteiger partial charge on any atom is -0.309 e. The Kier molecular flexibility index (Phi) is 6.98. The van der Waals surface area contributed by atoms with Gasteiger partial charge in [0.1, 0.15) is 0 Å². The number of hydrogen-bond acceptors (Lipinski definition) is 4. The third-order valence-corrected chi connectivity index (χ3v) is 6.57. The number of para-hydroxylation sites is 1. The summed E-state index contributed by atoms with van der Waals surface area (Å²) in [6, 6.07) is 24.6. The Morgan fingerprint density at radius 1 is 0.875 bits per heavy atom. The van der Waals surface area contributed by atoms with Crippen molar-refractivity contribution in [3.8, 4) is 0 Å². The molecule has 0 atom stereocenters. The highest BCUT2D eigenvalue weighted by molar-refractivity contribution is 7.22. The number of thiazole rings is 1. The van der Waals surface area contributed by atoms with Crippen molar-refractivity contribution in [3.63, 3.8) is 0 Å². The van der Waals surface area contributed by atoms with E-state index in [1.165, 1.54) is 11.1 Å². The molecule has 0 unspecified atom stereocenters. The number of amides is 1. The van der Waals surface area contributed by atoms with E-state index in [2.05, 4.69) is 74.4 Å². The summed E-state index contributed by atoms with van der Waals surface area (Å²) in [6.07, 6.45) is 1.75. The minimum absolute atomic E-state index is 0.00623. The fraction of sp³-hybridized carbons (Fsp3) is 0.259. The Morgan fingerprint density at radius 3 is 2.28 bits per heavy atom. The van der Waals surface area contributed by atoms with E-state index in [0.717, 1.165) is 40.3 Å². The molecule has 0 N–H and O–H groups in total. The maximum atomic E-state index is 13.5. The molecular weight excluding hydrogens is 414 g/mol. The second-order valence-corrected chi connectivity index (χ2v) is 9.40. The molecule has 0 aliphatic rings. The molecule has 32 heavy (non-hydrogen) atoms. The zero-order valence-electron chi connectivity index (χ0n) is 18.9. The van der Waals surface area contributed by atoms with Crippen molar-refractivity contribution in [1.82, 2.24) is 9.88 Å². The second-order valence-electron chi connectivity index (χ2n) is 8.39. The summed E-state index contributed by atoms with van der Waals surface area (Å²) in [5.74, 6) is 0.00623. The number of nitrogens with zero attached hydrogens (tertiary/aromatic N) is 3. The van der Waals surface area contributed by atoms with Crippen molar-refractivity contribution in [3.05, 3.63) is 95.1 Å². The first-order valence-electron chi connectivity index (χ1n) is 11.0. The van der Waals surface area contributed by atoms with Crippen LogP contribution in [0.25, 0.3) is 10.2 Å². The van der Waals surface area contributed by atoms with Crippen molar-refractivity contribution in [1.29, 1.82) is 0 Å². The van der Waals surface area contributed by atoms with E-state index in [1.54, 1.807) is 11.3 Å². The highest BCUT2D eigenvalue weighted by Gasteiger charge is 2.21. The van der Waals surface area contributed by atoms with Gasteiger partial charge in [0.15, 0.2) is 5.13 Å². The minimum atomic E-state index is 0.00623. The number of carbonyl (C=O) groups is 1. The van der Waals surface area contributed by atoms with Gasteiger partial charge in [-0.25, -0.2) is 4.98 Å². The van der Waals surface area contributed by atoms with Crippen LogP contribution in [0.4, 0.5) is 5.13 Å². The summed E-state index contributed by atoms with van der Waals surface area (Å²) in [4.78, 5) is 22.4. The van der Waals surface area contributed by atoms with E-state index in [4.69, 9.17) is 4.98 Å². The largest absolute Gasteiger partial charge is 0.309 e. The Bertz CT molecular complexity index is 1180. The van der Waals surface area contributed by atoms with Gasteiger partial charge < -0.3 is 4.90 Å². The van der Waals surface area contributed by atoms with Crippen molar-refractivity contribution < 1.29 is 4.79 Å².